The molecule has 0 saturated carbocycles. The molecule has 0 fully saturated rings. The minimum Gasteiger partial charge on any atom is -0.326 e. The van der Waals surface area contributed by atoms with E-state index in [1.165, 1.54) is 17.2 Å². The molecule has 1 aliphatic rings. The van der Waals surface area contributed by atoms with Gasteiger partial charge in [0.2, 0.25) is 0 Å². The highest BCUT2D eigenvalue weighted by molar-refractivity contribution is 5.32. The fraction of sp³-hybridized carbons (Fsp3) is 0.294. The Morgan fingerprint density at radius 3 is 2.10 bits per heavy atom. The average Bonchev–Trinajstić information content (AvgIpc) is 2.84. The van der Waals surface area contributed by atoms with Crippen molar-refractivity contribution in [3.8, 4) is 0 Å². The fourth-order valence-electron chi connectivity index (χ4n) is 3.08. The van der Waals surface area contributed by atoms with Crippen LogP contribution in [0.25, 0.3) is 0 Å². The Labute approximate surface area is 119 Å². The van der Waals surface area contributed by atoms with Crippen molar-refractivity contribution in [3.05, 3.63) is 71.0 Å². The lowest BCUT2D eigenvalue weighted by Gasteiger charge is -2.31. The van der Waals surface area contributed by atoms with Gasteiger partial charge in [0.05, 0.1) is 6.04 Å². The average molecular weight is 270 g/mol. The summed E-state index contributed by atoms with van der Waals surface area (Å²) in [4.78, 5) is 2.26. The summed E-state index contributed by atoms with van der Waals surface area (Å²) >= 11 is 0. The van der Waals surface area contributed by atoms with Crippen molar-refractivity contribution in [1.82, 2.24) is 4.90 Å². The molecule has 0 amide bonds. The number of hydrogen-bond donors (Lipinski definition) is 1. The van der Waals surface area contributed by atoms with E-state index in [-0.39, 0.29) is 17.9 Å². The smallest absolute Gasteiger partial charge is 0.128 e. The van der Waals surface area contributed by atoms with Crippen molar-refractivity contribution < 1.29 is 4.39 Å². The van der Waals surface area contributed by atoms with Gasteiger partial charge >= 0.3 is 0 Å². The molecule has 0 bridgehead atoms. The number of benzene rings is 2. The lowest BCUT2D eigenvalue weighted by Crippen LogP contribution is -2.37. The third kappa shape index (κ3) is 2.35. The molecule has 2 atom stereocenters. The third-order valence-electron chi connectivity index (χ3n) is 3.98. The lowest BCUT2D eigenvalue weighted by molar-refractivity contribution is 0.174. The summed E-state index contributed by atoms with van der Waals surface area (Å²) in [6, 6.07) is 15.1. The molecule has 0 saturated heterocycles. The minimum atomic E-state index is -0.175. The Bertz CT molecular complexity index is 584. The Hall–Kier alpha value is -1.71. The Morgan fingerprint density at radius 2 is 1.55 bits per heavy atom. The highest BCUT2D eigenvalue weighted by Gasteiger charge is 2.30. The summed E-state index contributed by atoms with van der Waals surface area (Å²) in [5.41, 5.74) is 9.46. The van der Waals surface area contributed by atoms with Crippen molar-refractivity contribution in [2.45, 2.75) is 32.1 Å². The second-order valence-electron chi connectivity index (χ2n) is 5.50. The Kier molecular flexibility index (Phi) is 3.55. The van der Waals surface area contributed by atoms with Gasteiger partial charge in [0.15, 0.2) is 0 Å². The van der Waals surface area contributed by atoms with Gasteiger partial charge in [-0.2, -0.15) is 0 Å². The van der Waals surface area contributed by atoms with Crippen LogP contribution in [0.3, 0.4) is 0 Å². The summed E-state index contributed by atoms with van der Waals surface area (Å²) in [7, 11) is 0. The molecule has 2 aromatic carbocycles. The normalized spacial score (nSPS) is 17.8. The van der Waals surface area contributed by atoms with E-state index in [9.17, 15) is 4.39 Å². The van der Waals surface area contributed by atoms with Gasteiger partial charge in [0.1, 0.15) is 5.82 Å². The standard InChI is InChI=1S/C17H19FN2/c1-12(19)17(15-8-4-5-9-16(15)18)20-10-13-6-2-3-7-14(13)11-20/h2-9,12,17H,10-11,19H2,1H3. The first-order valence-electron chi connectivity index (χ1n) is 6.97. The molecular weight excluding hydrogens is 251 g/mol. The first kappa shape index (κ1) is 13.3. The van der Waals surface area contributed by atoms with E-state index in [1.54, 1.807) is 6.07 Å². The molecule has 0 spiro atoms. The van der Waals surface area contributed by atoms with Gasteiger partial charge < -0.3 is 5.73 Å². The molecule has 0 aliphatic carbocycles. The monoisotopic (exact) mass is 270 g/mol. The van der Waals surface area contributed by atoms with Gasteiger partial charge in [-0.15, -0.1) is 0 Å². The number of rotatable bonds is 3. The molecule has 0 radical (unpaired) electrons. The molecule has 3 rings (SSSR count). The highest BCUT2D eigenvalue weighted by Crippen LogP contribution is 2.33. The number of nitrogens with two attached hydrogens (primary N) is 1. The topological polar surface area (TPSA) is 29.3 Å². The number of hydrogen-bond acceptors (Lipinski definition) is 2. The third-order valence-corrected chi connectivity index (χ3v) is 3.98. The van der Waals surface area contributed by atoms with Gasteiger partial charge in [0.25, 0.3) is 0 Å². The van der Waals surface area contributed by atoms with Crippen LogP contribution in [-0.2, 0) is 13.1 Å². The zero-order chi connectivity index (χ0) is 14.1. The van der Waals surface area contributed by atoms with Crippen LogP contribution >= 0.6 is 0 Å². The quantitative estimate of drug-likeness (QED) is 0.927. The van der Waals surface area contributed by atoms with Crippen LogP contribution in [0.5, 0.6) is 0 Å². The zero-order valence-electron chi connectivity index (χ0n) is 11.6. The molecule has 1 aliphatic heterocycles. The minimum absolute atomic E-state index is 0.0939. The predicted molar refractivity (Wildman–Crippen MR) is 78.5 cm³/mol. The van der Waals surface area contributed by atoms with E-state index in [0.29, 0.717) is 5.56 Å². The summed E-state index contributed by atoms with van der Waals surface area (Å²) in [6.07, 6.45) is 0. The van der Waals surface area contributed by atoms with Crippen LogP contribution in [0, 0.1) is 5.82 Å². The molecule has 3 heteroatoms. The molecule has 0 aromatic heterocycles. The van der Waals surface area contributed by atoms with Crippen molar-refractivity contribution in [2.75, 3.05) is 0 Å². The van der Waals surface area contributed by atoms with E-state index >= 15 is 0 Å². The van der Waals surface area contributed by atoms with Crippen molar-refractivity contribution in [1.29, 1.82) is 0 Å². The van der Waals surface area contributed by atoms with Crippen LogP contribution in [-0.4, -0.2) is 10.9 Å². The summed E-state index contributed by atoms with van der Waals surface area (Å²) < 4.78 is 14.1. The molecule has 2 nitrogen and oxygen atoms in total. The Balaban J connectivity index is 1.93. The van der Waals surface area contributed by atoms with Crippen LogP contribution in [0.1, 0.15) is 29.7 Å². The lowest BCUT2D eigenvalue weighted by atomic mass is 9.99. The van der Waals surface area contributed by atoms with Crippen LogP contribution in [0.2, 0.25) is 0 Å². The predicted octanol–water partition coefficient (Wildman–Crippen LogP) is 3.23. The van der Waals surface area contributed by atoms with E-state index in [0.717, 1.165) is 13.1 Å². The molecule has 2 unspecified atom stereocenters. The Morgan fingerprint density at radius 1 is 1.00 bits per heavy atom. The second kappa shape index (κ2) is 5.35. The van der Waals surface area contributed by atoms with Crippen molar-refractivity contribution in [2.24, 2.45) is 5.73 Å². The summed E-state index contributed by atoms with van der Waals surface area (Å²) in [5, 5.41) is 0. The van der Waals surface area contributed by atoms with E-state index in [4.69, 9.17) is 5.73 Å². The van der Waals surface area contributed by atoms with Crippen molar-refractivity contribution in [3.63, 3.8) is 0 Å². The number of nitrogens with zero attached hydrogens (tertiary/aromatic N) is 1. The molecule has 2 N–H and O–H groups in total. The van der Waals surface area contributed by atoms with Crippen LogP contribution < -0.4 is 5.73 Å². The maximum atomic E-state index is 14.1. The van der Waals surface area contributed by atoms with Gasteiger partial charge in [-0.3, -0.25) is 4.90 Å². The van der Waals surface area contributed by atoms with E-state index in [1.807, 2.05) is 31.2 Å². The van der Waals surface area contributed by atoms with Gasteiger partial charge in [-0.25, -0.2) is 4.39 Å². The summed E-state index contributed by atoms with van der Waals surface area (Å²) in [6.45, 7) is 3.60. The zero-order valence-corrected chi connectivity index (χ0v) is 11.6. The highest BCUT2D eigenvalue weighted by atomic mass is 19.1. The molecule has 1 heterocycles. The largest absolute Gasteiger partial charge is 0.326 e. The fourth-order valence-corrected chi connectivity index (χ4v) is 3.08. The molecule has 20 heavy (non-hydrogen) atoms. The number of halogens is 1. The SMILES string of the molecule is CC(N)C(c1ccccc1F)N1Cc2ccccc2C1. The van der Waals surface area contributed by atoms with Gasteiger partial charge in [-0.05, 0) is 24.1 Å². The van der Waals surface area contributed by atoms with E-state index < -0.39 is 0 Å². The molecule has 104 valence electrons. The van der Waals surface area contributed by atoms with Gasteiger partial charge in [0, 0.05) is 24.7 Å². The van der Waals surface area contributed by atoms with E-state index in [2.05, 4.69) is 17.0 Å². The summed E-state index contributed by atoms with van der Waals surface area (Å²) in [5.74, 6) is -0.175. The molecular formula is C17H19FN2. The van der Waals surface area contributed by atoms with Gasteiger partial charge in [-0.1, -0.05) is 42.5 Å². The molecule has 2 aromatic rings. The van der Waals surface area contributed by atoms with Crippen LogP contribution in [0.15, 0.2) is 48.5 Å². The van der Waals surface area contributed by atoms with Crippen molar-refractivity contribution >= 4 is 0 Å². The maximum absolute atomic E-state index is 14.1. The second-order valence-corrected chi connectivity index (χ2v) is 5.50. The number of fused-ring (bicyclic) bond motifs is 1. The first-order chi connectivity index (χ1) is 9.66. The maximum Gasteiger partial charge on any atom is 0.128 e. The first-order valence-corrected chi connectivity index (χ1v) is 6.97. The van der Waals surface area contributed by atoms with Crippen LogP contribution in [0.4, 0.5) is 4.39 Å².